The van der Waals surface area contributed by atoms with Crippen LogP contribution in [0.2, 0.25) is 0 Å². The number of nitrogens with zero attached hydrogens (tertiary/aromatic N) is 2. The number of carbonyl (C=O) groups excluding carboxylic acids is 1. The predicted octanol–water partition coefficient (Wildman–Crippen LogP) is 2.59. The number of hydrogen-bond donors (Lipinski definition) is 2. The maximum Gasteiger partial charge on any atom is 0.345 e. The summed E-state index contributed by atoms with van der Waals surface area (Å²) in [4.78, 5) is 28.4. The quantitative estimate of drug-likeness (QED) is 0.870. The van der Waals surface area contributed by atoms with E-state index >= 15 is 0 Å². The molecule has 2 heterocycles. The molecule has 0 aliphatic heterocycles. The van der Waals surface area contributed by atoms with Crippen molar-refractivity contribution >= 4 is 23.2 Å². The van der Waals surface area contributed by atoms with Crippen LogP contribution in [0.4, 0.5) is 0 Å². The van der Waals surface area contributed by atoms with Gasteiger partial charge in [-0.05, 0) is 25.0 Å². The first kappa shape index (κ1) is 15.7. The molecule has 0 bridgehead atoms. The van der Waals surface area contributed by atoms with Crippen molar-refractivity contribution in [3.8, 4) is 0 Å². The molecule has 3 rings (SSSR count). The van der Waals surface area contributed by atoms with Crippen molar-refractivity contribution in [1.29, 1.82) is 0 Å². The van der Waals surface area contributed by atoms with E-state index in [0.717, 1.165) is 37.0 Å². The highest BCUT2D eigenvalue weighted by Gasteiger charge is 2.41. The maximum atomic E-state index is 12.5. The average Bonchev–Trinajstić information content (AvgIpc) is 3.27. The molecule has 2 N–H and O–H groups in total. The Hall–Kier alpha value is -2.22. The van der Waals surface area contributed by atoms with Gasteiger partial charge in [0.2, 0.25) is 5.89 Å². The monoisotopic (exact) mass is 335 g/mol. The zero-order valence-electron chi connectivity index (χ0n) is 12.7. The lowest BCUT2D eigenvalue weighted by atomic mass is 9.96. The fourth-order valence-electron chi connectivity index (χ4n) is 2.83. The third-order valence-electron chi connectivity index (χ3n) is 4.05. The molecule has 0 aromatic carbocycles. The number of thiophene rings is 1. The summed E-state index contributed by atoms with van der Waals surface area (Å²) in [5.41, 5.74) is -0.624. The molecule has 23 heavy (non-hydrogen) atoms. The van der Waals surface area contributed by atoms with E-state index in [1.54, 1.807) is 0 Å². The van der Waals surface area contributed by atoms with E-state index in [1.165, 1.54) is 12.1 Å². The van der Waals surface area contributed by atoms with Gasteiger partial charge in [-0.2, -0.15) is 4.98 Å². The summed E-state index contributed by atoms with van der Waals surface area (Å²) in [6, 6.07) is 2.96. The lowest BCUT2D eigenvalue weighted by Gasteiger charge is -2.26. The number of amides is 1. The molecule has 2 aromatic heterocycles. The fourth-order valence-corrected chi connectivity index (χ4v) is 3.57. The van der Waals surface area contributed by atoms with E-state index in [0.29, 0.717) is 23.0 Å². The molecule has 0 atom stereocenters. The molecule has 0 unspecified atom stereocenters. The number of carboxylic acid groups (broad SMARTS) is 1. The number of aromatic carboxylic acids is 1. The van der Waals surface area contributed by atoms with Crippen LogP contribution in [0, 0.1) is 0 Å². The number of hydrogen-bond acceptors (Lipinski definition) is 6. The maximum absolute atomic E-state index is 12.5. The molecular formula is C15H17N3O4S. The Labute approximate surface area is 136 Å². The van der Waals surface area contributed by atoms with Gasteiger partial charge in [0.25, 0.3) is 5.91 Å². The summed E-state index contributed by atoms with van der Waals surface area (Å²) in [5, 5.41) is 16.0. The molecule has 0 saturated heterocycles. The topological polar surface area (TPSA) is 105 Å². The van der Waals surface area contributed by atoms with E-state index in [-0.39, 0.29) is 10.8 Å². The lowest BCUT2D eigenvalue weighted by molar-refractivity contribution is 0.0702. The molecule has 0 spiro atoms. The summed E-state index contributed by atoms with van der Waals surface area (Å²) in [6.45, 7) is 1.93. The first-order valence-corrected chi connectivity index (χ1v) is 8.34. The third kappa shape index (κ3) is 2.98. The molecule has 7 nitrogen and oxygen atoms in total. The Kier molecular flexibility index (Phi) is 4.16. The number of rotatable bonds is 5. The standard InChI is InChI=1S/C15H17N3O4S/c1-2-11-16-14(18-22-11)15(7-3-4-8-15)17-12(19)9-5-6-10(23-9)13(20)21/h5-6H,2-4,7-8H2,1H3,(H,17,19)(H,20,21). The van der Waals surface area contributed by atoms with E-state index in [1.807, 2.05) is 6.92 Å². The largest absolute Gasteiger partial charge is 0.477 e. The average molecular weight is 335 g/mol. The van der Waals surface area contributed by atoms with Crippen LogP contribution in [-0.4, -0.2) is 27.1 Å². The molecule has 1 saturated carbocycles. The van der Waals surface area contributed by atoms with Gasteiger partial charge in [0.1, 0.15) is 10.4 Å². The van der Waals surface area contributed by atoms with Gasteiger partial charge in [-0.1, -0.05) is 24.9 Å². The molecular weight excluding hydrogens is 318 g/mol. The van der Waals surface area contributed by atoms with Gasteiger partial charge in [0.05, 0.1) is 4.88 Å². The van der Waals surface area contributed by atoms with Crippen LogP contribution in [0.3, 0.4) is 0 Å². The van der Waals surface area contributed by atoms with E-state index in [9.17, 15) is 9.59 Å². The lowest BCUT2D eigenvalue weighted by Crippen LogP contribution is -2.44. The van der Waals surface area contributed by atoms with Crippen molar-refractivity contribution in [3.05, 3.63) is 33.6 Å². The minimum atomic E-state index is -1.03. The van der Waals surface area contributed by atoms with Crippen molar-refractivity contribution in [2.24, 2.45) is 0 Å². The third-order valence-corrected chi connectivity index (χ3v) is 5.12. The van der Waals surface area contributed by atoms with Gasteiger partial charge in [-0.25, -0.2) is 4.79 Å². The van der Waals surface area contributed by atoms with Gasteiger partial charge >= 0.3 is 5.97 Å². The van der Waals surface area contributed by atoms with Crippen molar-refractivity contribution < 1.29 is 19.2 Å². The number of carboxylic acids is 1. The summed E-state index contributed by atoms with van der Waals surface area (Å²) >= 11 is 0.960. The zero-order chi connectivity index (χ0) is 16.4. The van der Waals surface area contributed by atoms with Crippen LogP contribution in [-0.2, 0) is 12.0 Å². The van der Waals surface area contributed by atoms with Crippen LogP contribution in [0.5, 0.6) is 0 Å². The second-order valence-corrected chi connectivity index (χ2v) is 6.66. The molecule has 0 radical (unpaired) electrons. The Morgan fingerprint density at radius 3 is 2.61 bits per heavy atom. The highest BCUT2D eigenvalue weighted by atomic mass is 32.1. The Morgan fingerprint density at radius 1 is 1.35 bits per heavy atom. The molecule has 1 aliphatic rings. The Bertz CT molecular complexity index is 731. The minimum absolute atomic E-state index is 0.142. The second kappa shape index (κ2) is 6.11. The van der Waals surface area contributed by atoms with Crippen molar-refractivity contribution in [2.45, 2.75) is 44.6 Å². The number of aromatic nitrogens is 2. The van der Waals surface area contributed by atoms with Gasteiger partial charge in [-0.3, -0.25) is 4.79 Å². The van der Waals surface area contributed by atoms with Crippen LogP contribution < -0.4 is 5.32 Å². The molecule has 1 amide bonds. The normalized spacial score (nSPS) is 16.4. The van der Waals surface area contributed by atoms with Crippen LogP contribution in [0.15, 0.2) is 16.7 Å². The zero-order valence-corrected chi connectivity index (χ0v) is 13.5. The van der Waals surface area contributed by atoms with E-state index < -0.39 is 11.5 Å². The summed E-state index contributed by atoms with van der Waals surface area (Å²) in [5.74, 6) is -0.275. The second-order valence-electron chi connectivity index (χ2n) is 5.58. The molecule has 2 aromatic rings. The van der Waals surface area contributed by atoms with Crippen LogP contribution in [0.25, 0.3) is 0 Å². The van der Waals surface area contributed by atoms with Crippen LogP contribution >= 0.6 is 11.3 Å². The molecule has 1 aliphatic carbocycles. The number of nitrogens with one attached hydrogen (secondary N) is 1. The minimum Gasteiger partial charge on any atom is -0.477 e. The summed E-state index contributed by atoms with van der Waals surface area (Å²) in [6.07, 6.45) is 4.09. The predicted molar refractivity (Wildman–Crippen MR) is 82.6 cm³/mol. The van der Waals surface area contributed by atoms with Crippen molar-refractivity contribution in [2.75, 3.05) is 0 Å². The number of carbonyl (C=O) groups is 2. The first-order chi connectivity index (χ1) is 11.0. The smallest absolute Gasteiger partial charge is 0.345 e. The van der Waals surface area contributed by atoms with Crippen molar-refractivity contribution in [1.82, 2.24) is 15.5 Å². The highest BCUT2D eigenvalue weighted by Crippen LogP contribution is 2.37. The summed E-state index contributed by atoms with van der Waals surface area (Å²) < 4.78 is 5.19. The molecule has 1 fully saturated rings. The summed E-state index contributed by atoms with van der Waals surface area (Å²) in [7, 11) is 0. The SMILES string of the molecule is CCc1nc(C2(NC(=O)c3ccc(C(=O)O)s3)CCCC2)no1. The van der Waals surface area contributed by atoms with Gasteiger partial charge in [0, 0.05) is 6.42 Å². The Morgan fingerprint density at radius 2 is 2.04 bits per heavy atom. The molecule has 8 heteroatoms. The van der Waals surface area contributed by atoms with E-state index in [4.69, 9.17) is 9.63 Å². The Balaban J connectivity index is 1.84. The van der Waals surface area contributed by atoms with E-state index in [2.05, 4.69) is 15.5 Å². The molecule has 122 valence electrons. The van der Waals surface area contributed by atoms with Crippen LogP contribution in [0.1, 0.15) is 63.7 Å². The van der Waals surface area contributed by atoms with Gasteiger partial charge < -0.3 is 14.9 Å². The van der Waals surface area contributed by atoms with Gasteiger partial charge in [-0.15, -0.1) is 11.3 Å². The van der Waals surface area contributed by atoms with Gasteiger partial charge in [0.15, 0.2) is 5.82 Å². The first-order valence-electron chi connectivity index (χ1n) is 7.53. The highest BCUT2D eigenvalue weighted by molar-refractivity contribution is 7.15. The number of aryl methyl sites for hydroxylation is 1. The van der Waals surface area contributed by atoms with Crippen molar-refractivity contribution in [3.63, 3.8) is 0 Å². The fraction of sp³-hybridized carbons (Fsp3) is 0.467.